The van der Waals surface area contributed by atoms with Crippen LogP contribution in [0.2, 0.25) is 5.02 Å². The fraction of sp³-hybridized carbons (Fsp3) is 0.238. The van der Waals surface area contributed by atoms with Crippen LogP contribution in [0.1, 0.15) is 48.9 Å². The number of thiophene rings is 2. The lowest BCUT2D eigenvalue weighted by atomic mass is 9.95. The Balaban J connectivity index is 1.64. The number of hydrogen-bond donors (Lipinski definition) is 2. The molecule has 0 fully saturated rings. The van der Waals surface area contributed by atoms with E-state index in [9.17, 15) is 9.59 Å². The first kappa shape index (κ1) is 19.2. The van der Waals surface area contributed by atoms with Gasteiger partial charge >= 0.3 is 0 Å². The molecule has 0 spiro atoms. The molecular weight excluding hydrogens is 412 g/mol. The van der Waals surface area contributed by atoms with Gasteiger partial charge in [-0.05, 0) is 68.5 Å². The van der Waals surface area contributed by atoms with Gasteiger partial charge in [-0.15, -0.1) is 22.7 Å². The molecule has 1 aliphatic rings. The monoisotopic (exact) mass is 430 g/mol. The van der Waals surface area contributed by atoms with Crippen LogP contribution in [0.25, 0.3) is 0 Å². The van der Waals surface area contributed by atoms with Crippen molar-refractivity contribution in [3.05, 3.63) is 67.2 Å². The standard InChI is InChI=1S/C21H19ClN2O2S2/c1-12-10-13(11-27-12)19(25)24-21-18(16-4-2-3-5-17(16)28-21)20(26)23-15-8-6-14(22)7-9-15/h6-11H,2-5H2,1H3,(H,23,26)(H,24,25). The number of carbonyl (C=O) groups is 2. The minimum atomic E-state index is -0.196. The third-order valence-electron chi connectivity index (χ3n) is 4.72. The number of aryl methyl sites for hydroxylation is 2. The van der Waals surface area contributed by atoms with E-state index in [1.165, 1.54) is 27.6 Å². The summed E-state index contributed by atoms with van der Waals surface area (Å²) in [5, 5.41) is 9.00. The molecule has 2 heterocycles. The van der Waals surface area contributed by atoms with Crippen molar-refractivity contribution >= 4 is 56.8 Å². The molecule has 28 heavy (non-hydrogen) atoms. The van der Waals surface area contributed by atoms with Crippen LogP contribution in [-0.2, 0) is 12.8 Å². The van der Waals surface area contributed by atoms with E-state index >= 15 is 0 Å². The topological polar surface area (TPSA) is 58.2 Å². The second kappa shape index (κ2) is 8.07. The summed E-state index contributed by atoms with van der Waals surface area (Å²) in [6, 6.07) is 8.88. The van der Waals surface area contributed by atoms with Gasteiger partial charge in [-0.3, -0.25) is 9.59 Å². The van der Waals surface area contributed by atoms with E-state index in [4.69, 9.17) is 11.6 Å². The maximum absolute atomic E-state index is 13.1. The summed E-state index contributed by atoms with van der Waals surface area (Å²) in [6.45, 7) is 1.97. The van der Waals surface area contributed by atoms with Crippen molar-refractivity contribution < 1.29 is 9.59 Å². The summed E-state index contributed by atoms with van der Waals surface area (Å²) in [7, 11) is 0. The number of halogens is 1. The van der Waals surface area contributed by atoms with Crippen LogP contribution in [-0.4, -0.2) is 11.8 Å². The first-order valence-corrected chi connectivity index (χ1v) is 11.2. The number of hydrogen-bond acceptors (Lipinski definition) is 4. The molecule has 0 bridgehead atoms. The van der Waals surface area contributed by atoms with Crippen molar-refractivity contribution in [3.8, 4) is 0 Å². The van der Waals surface area contributed by atoms with Gasteiger partial charge in [0.05, 0.1) is 11.1 Å². The summed E-state index contributed by atoms with van der Waals surface area (Å²) in [4.78, 5) is 28.0. The lowest BCUT2D eigenvalue weighted by Gasteiger charge is -2.13. The molecule has 2 aromatic heterocycles. The third-order valence-corrected chi connectivity index (χ3v) is 7.04. The lowest BCUT2D eigenvalue weighted by molar-refractivity contribution is 0.102. The van der Waals surface area contributed by atoms with Crippen molar-refractivity contribution in [1.82, 2.24) is 0 Å². The minimum absolute atomic E-state index is 0.177. The molecular formula is C21H19ClN2O2S2. The number of anilines is 2. The Morgan fingerprint density at radius 3 is 2.50 bits per heavy atom. The van der Waals surface area contributed by atoms with Gasteiger partial charge in [-0.25, -0.2) is 0 Å². The van der Waals surface area contributed by atoms with Crippen molar-refractivity contribution in [3.63, 3.8) is 0 Å². The van der Waals surface area contributed by atoms with E-state index in [0.717, 1.165) is 36.1 Å². The zero-order valence-corrected chi connectivity index (χ0v) is 17.7. The van der Waals surface area contributed by atoms with E-state index in [2.05, 4.69) is 10.6 Å². The number of benzene rings is 1. The second-order valence-corrected chi connectivity index (χ2v) is 9.43. The fourth-order valence-corrected chi connectivity index (χ4v) is 5.45. The highest BCUT2D eigenvalue weighted by molar-refractivity contribution is 7.17. The summed E-state index contributed by atoms with van der Waals surface area (Å²) >= 11 is 8.99. The summed E-state index contributed by atoms with van der Waals surface area (Å²) in [6.07, 6.45) is 3.99. The molecule has 0 saturated heterocycles. The van der Waals surface area contributed by atoms with Crippen molar-refractivity contribution in [2.24, 2.45) is 0 Å². The van der Waals surface area contributed by atoms with E-state index in [-0.39, 0.29) is 11.8 Å². The van der Waals surface area contributed by atoms with Crippen LogP contribution in [0, 0.1) is 6.92 Å². The molecule has 1 aliphatic carbocycles. The number of amides is 2. The molecule has 144 valence electrons. The number of carbonyl (C=O) groups excluding carboxylic acids is 2. The number of rotatable bonds is 4. The maximum Gasteiger partial charge on any atom is 0.258 e. The quantitative estimate of drug-likeness (QED) is 0.521. The number of nitrogens with one attached hydrogen (secondary N) is 2. The average Bonchev–Trinajstić information content (AvgIpc) is 3.26. The molecule has 1 aromatic carbocycles. The van der Waals surface area contributed by atoms with Crippen LogP contribution in [0.3, 0.4) is 0 Å². The zero-order valence-electron chi connectivity index (χ0n) is 15.3. The van der Waals surface area contributed by atoms with E-state index in [1.54, 1.807) is 24.3 Å². The van der Waals surface area contributed by atoms with Crippen LogP contribution < -0.4 is 10.6 Å². The Morgan fingerprint density at radius 2 is 1.79 bits per heavy atom. The van der Waals surface area contributed by atoms with Gasteiger partial charge in [0.15, 0.2) is 0 Å². The molecule has 3 aromatic rings. The lowest BCUT2D eigenvalue weighted by Crippen LogP contribution is -2.18. The highest BCUT2D eigenvalue weighted by Crippen LogP contribution is 2.39. The molecule has 7 heteroatoms. The smallest absolute Gasteiger partial charge is 0.258 e. The van der Waals surface area contributed by atoms with Crippen molar-refractivity contribution in [1.29, 1.82) is 0 Å². The van der Waals surface area contributed by atoms with Crippen LogP contribution in [0.5, 0.6) is 0 Å². The minimum Gasteiger partial charge on any atom is -0.322 e. The van der Waals surface area contributed by atoms with Crippen LogP contribution >= 0.6 is 34.3 Å². The Labute approximate surface area is 176 Å². The van der Waals surface area contributed by atoms with Gasteiger partial charge in [-0.1, -0.05) is 11.6 Å². The van der Waals surface area contributed by atoms with E-state index in [0.29, 0.717) is 26.8 Å². The summed E-state index contributed by atoms with van der Waals surface area (Å²) < 4.78 is 0. The Bertz CT molecular complexity index is 1040. The molecule has 0 unspecified atom stereocenters. The fourth-order valence-electron chi connectivity index (χ4n) is 3.36. The molecule has 0 atom stereocenters. The first-order valence-electron chi connectivity index (χ1n) is 9.09. The third kappa shape index (κ3) is 3.99. The predicted octanol–water partition coefficient (Wildman–Crippen LogP) is 6.15. The summed E-state index contributed by atoms with van der Waals surface area (Å²) in [5.41, 5.74) is 2.96. The van der Waals surface area contributed by atoms with E-state index in [1.807, 2.05) is 18.4 Å². The molecule has 0 radical (unpaired) electrons. The maximum atomic E-state index is 13.1. The highest BCUT2D eigenvalue weighted by atomic mass is 35.5. The average molecular weight is 431 g/mol. The Morgan fingerprint density at radius 1 is 1.04 bits per heavy atom. The van der Waals surface area contributed by atoms with Crippen molar-refractivity contribution in [2.45, 2.75) is 32.6 Å². The van der Waals surface area contributed by atoms with Gasteiger partial charge in [0.25, 0.3) is 11.8 Å². The highest BCUT2D eigenvalue weighted by Gasteiger charge is 2.26. The molecule has 4 rings (SSSR count). The van der Waals surface area contributed by atoms with Gasteiger partial charge in [-0.2, -0.15) is 0 Å². The predicted molar refractivity (Wildman–Crippen MR) is 117 cm³/mol. The SMILES string of the molecule is Cc1cc(C(=O)Nc2sc3c(c2C(=O)Nc2ccc(Cl)cc2)CCCC3)cs1. The summed E-state index contributed by atoms with van der Waals surface area (Å²) in [5.74, 6) is -0.373. The van der Waals surface area contributed by atoms with E-state index < -0.39 is 0 Å². The molecule has 4 nitrogen and oxygen atoms in total. The largest absolute Gasteiger partial charge is 0.322 e. The van der Waals surface area contributed by atoms with Crippen LogP contribution in [0.15, 0.2) is 35.7 Å². The van der Waals surface area contributed by atoms with Gasteiger partial charge < -0.3 is 10.6 Å². The Hall–Kier alpha value is -2.15. The molecule has 0 saturated carbocycles. The second-order valence-electron chi connectivity index (χ2n) is 6.78. The van der Waals surface area contributed by atoms with Gasteiger partial charge in [0.1, 0.15) is 5.00 Å². The first-order chi connectivity index (χ1) is 13.5. The molecule has 0 aliphatic heterocycles. The van der Waals surface area contributed by atoms with Crippen LogP contribution in [0.4, 0.5) is 10.7 Å². The number of fused-ring (bicyclic) bond motifs is 1. The Kier molecular flexibility index (Phi) is 5.53. The zero-order chi connectivity index (χ0) is 19.7. The van der Waals surface area contributed by atoms with Gasteiger partial charge in [0, 0.05) is 25.8 Å². The molecule has 2 amide bonds. The normalized spacial score (nSPS) is 13.1. The molecule has 2 N–H and O–H groups in total. The van der Waals surface area contributed by atoms with Gasteiger partial charge in [0.2, 0.25) is 0 Å². The van der Waals surface area contributed by atoms with Crippen molar-refractivity contribution in [2.75, 3.05) is 10.6 Å².